The van der Waals surface area contributed by atoms with Gasteiger partial charge in [0, 0.05) is 19.6 Å². The van der Waals surface area contributed by atoms with Crippen LogP contribution in [0.3, 0.4) is 0 Å². The van der Waals surface area contributed by atoms with Crippen LogP contribution in [0, 0.1) is 0 Å². The van der Waals surface area contributed by atoms with Crippen molar-refractivity contribution in [2.24, 2.45) is 5.73 Å². The predicted octanol–water partition coefficient (Wildman–Crippen LogP) is 2.83. The number of hydrogen-bond donors (Lipinski definition) is 1. The highest BCUT2D eigenvalue weighted by Gasteiger charge is 2.04. The first-order valence-electron chi connectivity index (χ1n) is 7.31. The van der Waals surface area contributed by atoms with Crippen LogP contribution in [-0.4, -0.2) is 25.6 Å². The number of ether oxygens (including phenoxy) is 1. The molecular formula is C18H24N2O. The fourth-order valence-corrected chi connectivity index (χ4v) is 2.43. The number of methoxy groups -OCH3 is 1. The van der Waals surface area contributed by atoms with E-state index in [1.165, 1.54) is 16.7 Å². The van der Waals surface area contributed by atoms with E-state index >= 15 is 0 Å². The first-order chi connectivity index (χ1) is 10.2. The van der Waals surface area contributed by atoms with Crippen LogP contribution in [0.15, 0.2) is 48.5 Å². The Kier molecular flexibility index (Phi) is 5.78. The molecule has 3 nitrogen and oxygen atoms in total. The summed E-state index contributed by atoms with van der Waals surface area (Å²) in [5.74, 6) is 0.901. The molecule has 0 saturated heterocycles. The molecule has 2 aromatic carbocycles. The maximum Gasteiger partial charge on any atom is 0.118 e. The fraction of sp³-hybridized carbons (Fsp3) is 0.333. The first kappa shape index (κ1) is 15.5. The van der Waals surface area contributed by atoms with Gasteiger partial charge in [-0.25, -0.2) is 0 Å². The summed E-state index contributed by atoms with van der Waals surface area (Å²) < 4.78 is 5.18. The second-order valence-corrected chi connectivity index (χ2v) is 5.31. The minimum atomic E-state index is 0.609. The van der Waals surface area contributed by atoms with Gasteiger partial charge >= 0.3 is 0 Å². The van der Waals surface area contributed by atoms with Crippen molar-refractivity contribution in [2.75, 3.05) is 20.7 Å². The van der Waals surface area contributed by atoms with E-state index in [1.807, 2.05) is 18.2 Å². The molecule has 0 unspecified atom stereocenters. The van der Waals surface area contributed by atoms with Crippen molar-refractivity contribution >= 4 is 0 Å². The zero-order valence-electron chi connectivity index (χ0n) is 12.9. The SMILES string of the molecule is COc1ccc(CN(C)CCc2ccccc2CN)cc1. The molecule has 2 N–H and O–H groups in total. The molecule has 3 heteroatoms. The molecule has 0 saturated carbocycles. The van der Waals surface area contributed by atoms with Crippen LogP contribution in [0.25, 0.3) is 0 Å². The van der Waals surface area contributed by atoms with Gasteiger partial charge < -0.3 is 15.4 Å². The Morgan fingerprint density at radius 3 is 2.29 bits per heavy atom. The molecule has 112 valence electrons. The van der Waals surface area contributed by atoms with Crippen LogP contribution in [0.4, 0.5) is 0 Å². The summed E-state index contributed by atoms with van der Waals surface area (Å²) in [6.07, 6.45) is 1.03. The molecule has 2 rings (SSSR count). The fourth-order valence-electron chi connectivity index (χ4n) is 2.43. The van der Waals surface area contributed by atoms with Crippen LogP contribution in [0.2, 0.25) is 0 Å². The summed E-state index contributed by atoms with van der Waals surface area (Å²) in [5.41, 5.74) is 9.67. The molecule has 0 radical (unpaired) electrons. The second-order valence-electron chi connectivity index (χ2n) is 5.31. The summed E-state index contributed by atoms with van der Waals surface area (Å²) in [6.45, 7) is 2.57. The van der Waals surface area contributed by atoms with Gasteiger partial charge in [0.05, 0.1) is 7.11 Å². The molecule has 0 heterocycles. The maximum absolute atomic E-state index is 5.78. The van der Waals surface area contributed by atoms with Crippen molar-refractivity contribution in [1.82, 2.24) is 4.90 Å². The quantitative estimate of drug-likeness (QED) is 0.849. The molecule has 0 aliphatic carbocycles. The Labute approximate surface area is 127 Å². The Balaban J connectivity index is 1.87. The lowest BCUT2D eigenvalue weighted by Crippen LogP contribution is -2.21. The van der Waals surface area contributed by atoms with Gasteiger partial charge in [0.1, 0.15) is 5.75 Å². The third kappa shape index (κ3) is 4.59. The van der Waals surface area contributed by atoms with E-state index in [0.29, 0.717) is 6.54 Å². The number of nitrogens with zero attached hydrogens (tertiary/aromatic N) is 1. The van der Waals surface area contributed by atoms with Crippen molar-refractivity contribution in [3.05, 3.63) is 65.2 Å². The van der Waals surface area contributed by atoms with Crippen LogP contribution < -0.4 is 10.5 Å². The summed E-state index contributed by atoms with van der Waals surface area (Å²) in [5, 5.41) is 0. The van der Waals surface area contributed by atoms with E-state index in [-0.39, 0.29) is 0 Å². The zero-order chi connectivity index (χ0) is 15.1. The first-order valence-corrected chi connectivity index (χ1v) is 7.31. The van der Waals surface area contributed by atoms with E-state index in [1.54, 1.807) is 7.11 Å². The lowest BCUT2D eigenvalue weighted by molar-refractivity contribution is 0.330. The van der Waals surface area contributed by atoms with Gasteiger partial charge in [-0.3, -0.25) is 0 Å². The largest absolute Gasteiger partial charge is 0.497 e. The standard InChI is InChI=1S/C18H24N2O/c1-20(14-15-7-9-18(21-2)10-8-15)12-11-16-5-3-4-6-17(16)13-19/h3-10H,11-14,19H2,1-2H3. The highest BCUT2D eigenvalue weighted by Crippen LogP contribution is 2.13. The molecular weight excluding hydrogens is 260 g/mol. The van der Waals surface area contributed by atoms with E-state index in [4.69, 9.17) is 10.5 Å². The van der Waals surface area contributed by atoms with Crippen LogP contribution in [-0.2, 0) is 19.5 Å². The molecule has 0 aliphatic rings. The lowest BCUT2D eigenvalue weighted by atomic mass is 10.0. The number of hydrogen-bond acceptors (Lipinski definition) is 3. The maximum atomic E-state index is 5.78. The average Bonchev–Trinajstić information content (AvgIpc) is 2.54. The van der Waals surface area contributed by atoms with E-state index in [2.05, 4.69) is 42.3 Å². The summed E-state index contributed by atoms with van der Waals surface area (Å²) >= 11 is 0. The van der Waals surface area contributed by atoms with Gasteiger partial charge in [-0.2, -0.15) is 0 Å². The number of rotatable bonds is 7. The van der Waals surface area contributed by atoms with Crippen LogP contribution >= 0.6 is 0 Å². The second kappa shape index (κ2) is 7.81. The normalized spacial score (nSPS) is 10.9. The van der Waals surface area contributed by atoms with E-state index < -0.39 is 0 Å². The highest BCUT2D eigenvalue weighted by molar-refractivity contribution is 5.28. The summed E-state index contributed by atoms with van der Waals surface area (Å²) in [6, 6.07) is 16.7. The van der Waals surface area contributed by atoms with Crippen molar-refractivity contribution in [3.8, 4) is 5.75 Å². The minimum Gasteiger partial charge on any atom is -0.497 e. The lowest BCUT2D eigenvalue weighted by Gasteiger charge is -2.18. The molecule has 21 heavy (non-hydrogen) atoms. The molecule has 0 amide bonds. The van der Waals surface area contributed by atoms with Gasteiger partial charge in [0.2, 0.25) is 0 Å². The summed E-state index contributed by atoms with van der Waals surface area (Å²) in [7, 11) is 3.84. The Morgan fingerprint density at radius 1 is 1.00 bits per heavy atom. The van der Waals surface area contributed by atoms with Gasteiger partial charge in [0.25, 0.3) is 0 Å². The van der Waals surface area contributed by atoms with Gasteiger partial charge in [-0.05, 0) is 42.3 Å². The monoisotopic (exact) mass is 284 g/mol. The molecule has 2 aromatic rings. The molecule has 0 bridgehead atoms. The van der Waals surface area contributed by atoms with Crippen LogP contribution in [0.5, 0.6) is 5.75 Å². The van der Waals surface area contributed by atoms with Crippen molar-refractivity contribution in [3.63, 3.8) is 0 Å². The van der Waals surface area contributed by atoms with Crippen molar-refractivity contribution < 1.29 is 4.74 Å². The Hall–Kier alpha value is -1.84. The number of nitrogens with two attached hydrogens (primary N) is 1. The van der Waals surface area contributed by atoms with Crippen molar-refractivity contribution in [1.29, 1.82) is 0 Å². The number of benzene rings is 2. The summed E-state index contributed by atoms with van der Waals surface area (Å²) in [4.78, 5) is 2.33. The van der Waals surface area contributed by atoms with E-state index in [9.17, 15) is 0 Å². The molecule has 0 fully saturated rings. The topological polar surface area (TPSA) is 38.5 Å². The molecule has 0 aliphatic heterocycles. The van der Waals surface area contributed by atoms with E-state index in [0.717, 1.165) is 25.3 Å². The zero-order valence-corrected chi connectivity index (χ0v) is 12.9. The average molecular weight is 284 g/mol. The smallest absolute Gasteiger partial charge is 0.118 e. The third-order valence-corrected chi connectivity index (χ3v) is 3.71. The Bertz CT molecular complexity index is 551. The minimum absolute atomic E-state index is 0.609. The van der Waals surface area contributed by atoms with Gasteiger partial charge in [0.15, 0.2) is 0 Å². The molecule has 0 atom stereocenters. The Morgan fingerprint density at radius 2 is 1.67 bits per heavy atom. The van der Waals surface area contributed by atoms with Crippen LogP contribution in [0.1, 0.15) is 16.7 Å². The highest BCUT2D eigenvalue weighted by atomic mass is 16.5. The molecule has 0 spiro atoms. The molecule has 0 aromatic heterocycles. The van der Waals surface area contributed by atoms with Gasteiger partial charge in [-0.1, -0.05) is 36.4 Å². The number of likely N-dealkylation sites (N-methyl/N-ethyl adjacent to an activating group) is 1. The predicted molar refractivity (Wildman–Crippen MR) is 87.4 cm³/mol. The third-order valence-electron chi connectivity index (χ3n) is 3.71. The van der Waals surface area contributed by atoms with Gasteiger partial charge in [-0.15, -0.1) is 0 Å². The van der Waals surface area contributed by atoms with Crippen molar-refractivity contribution in [2.45, 2.75) is 19.5 Å².